The number of fused-ring (bicyclic) bond motifs is 1. The first kappa shape index (κ1) is 25.5. The minimum atomic E-state index is -0.244. The van der Waals surface area contributed by atoms with E-state index in [1.807, 2.05) is 38.1 Å². The highest BCUT2D eigenvalue weighted by atomic mass is 32.1. The van der Waals surface area contributed by atoms with Crippen LogP contribution in [0.2, 0.25) is 0 Å². The van der Waals surface area contributed by atoms with Gasteiger partial charge in [-0.3, -0.25) is 9.78 Å². The Bertz CT molecular complexity index is 1140. The summed E-state index contributed by atoms with van der Waals surface area (Å²) in [6.07, 6.45) is 2.99. The topological polar surface area (TPSA) is 95.9 Å². The van der Waals surface area contributed by atoms with Crippen LogP contribution >= 0.6 is 13.5 Å². The number of carbonyl (C=O) groups excluding carboxylic acids is 1. The highest BCUT2D eigenvalue weighted by Crippen LogP contribution is 2.34. The lowest BCUT2D eigenvalue weighted by Crippen LogP contribution is -2.46. The summed E-state index contributed by atoms with van der Waals surface area (Å²) in [5.74, 6) is 1.67. The Morgan fingerprint density at radius 2 is 2.00 bits per heavy atom. The molecule has 182 valence electrons. The van der Waals surface area contributed by atoms with Crippen LogP contribution < -0.4 is 14.2 Å². The predicted molar refractivity (Wildman–Crippen MR) is 133 cm³/mol. The Morgan fingerprint density at radius 1 is 1.21 bits per heavy atom. The monoisotopic (exact) mass is 486 g/mol. The molecule has 1 aliphatic heterocycles. The van der Waals surface area contributed by atoms with Crippen LogP contribution in [0, 0.1) is 0 Å². The molecule has 0 spiro atoms. The molecule has 1 amide bonds. The van der Waals surface area contributed by atoms with E-state index in [2.05, 4.69) is 9.97 Å². The molecule has 1 fully saturated rings. The van der Waals surface area contributed by atoms with Gasteiger partial charge in [0, 0.05) is 31.4 Å². The number of aromatic nitrogens is 3. The zero-order valence-corrected chi connectivity index (χ0v) is 20.8. The number of methoxy groups -OCH3 is 1. The number of amides is 1. The molecular formula is C24H30N4O5S. The lowest BCUT2D eigenvalue weighted by Gasteiger charge is -2.32. The normalized spacial score (nSPS) is 15.7. The summed E-state index contributed by atoms with van der Waals surface area (Å²) in [5, 5.41) is 0. The SMILES string of the molecule is COc1ccc(-c2cc3nccnc3c(OC[C@@H]3CN(C(C)=O)CCO3)n2)cc1OC(C)C.S. The van der Waals surface area contributed by atoms with Crippen molar-refractivity contribution in [1.29, 1.82) is 0 Å². The number of carbonyl (C=O) groups is 1. The maximum atomic E-state index is 11.7. The van der Waals surface area contributed by atoms with E-state index in [0.29, 0.717) is 53.8 Å². The molecule has 2 aromatic heterocycles. The summed E-state index contributed by atoms with van der Waals surface area (Å²) in [6.45, 7) is 7.27. The number of pyridine rings is 1. The molecule has 3 aromatic rings. The summed E-state index contributed by atoms with van der Waals surface area (Å²) in [5.41, 5.74) is 2.73. The highest BCUT2D eigenvalue weighted by molar-refractivity contribution is 7.59. The summed E-state index contributed by atoms with van der Waals surface area (Å²) < 4.78 is 23.2. The van der Waals surface area contributed by atoms with Crippen molar-refractivity contribution >= 4 is 30.4 Å². The van der Waals surface area contributed by atoms with Gasteiger partial charge in [-0.25, -0.2) is 9.97 Å². The molecule has 9 nitrogen and oxygen atoms in total. The van der Waals surface area contributed by atoms with Crippen LogP contribution in [0.4, 0.5) is 0 Å². The Kier molecular flexibility index (Phi) is 8.51. The maximum Gasteiger partial charge on any atom is 0.242 e. The first-order valence-corrected chi connectivity index (χ1v) is 10.9. The van der Waals surface area contributed by atoms with Crippen LogP contribution in [-0.4, -0.2) is 71.4 Å². The van der Waals surface area contributed by atoms with E-state index in [4.69, 9.17) is 23.9 Å². The van der Waals surface area contributed by atoms with Gasteiger partial charge in [0.25, 0.3) is 0 Å². The molecule has 4 rings (SSSR count). The molecule has 1 aliphatic rings. The zero-order chi connectivity index (χ0) is 23.4. The van der Waals surface area contributed by atoms with Crippen molar-refractivity contribution in [1.82, 2.24) is 19.9 Å². The van der Waals surface area contributed by atoms with E-state index in [9.17, 15) is 4.79 Å². The third kappa shape index (κ3) is 5.87. The largest absolute Gasteiger partial charge is 0.493 e. The number of hydrogen-bond acceptors (Lipinski definition) is 8. The Morgan fingerprint density at radius 3 is 2.74 bits per heavy atom. The standard InChI is InChI=1S/C24H28N4O5.H2S/c1-15(2)33-22-11-17(5-6-21(22)30-4)19-12-20-23(26-8-7-25-20)24(27-19)32-14-18-13-28(16(3)29)9-10-31-18;/h5-8,11-12,15,18H,9-10,13-14H2,1-4H3;1H2/t18-;/m0./s1. The van der Waals surface area contributed by atoms with Gasteiger partial charge in [0.1, 0.15) is 12.7 Å². The van der Waals surface area contributed by atoms with Crippen LogP contribution in [0.15, 0.2) is 36.7 Å². The molecule has 1 aromatic carbocycles. The fourth-order valence-electron chi connectivity index (χ4n) is 3.65. The first-order valence-electron chi connectivity index (χ1n) is 10.9. The van der Waals surface area contributed by atoms with Gasteiger partial charge in [0.15, 0.2) is 17.0 Å². The number of hydrogen-bond donors (Lipinski definition) is 0. The van der Waals surface area contributed by atoms with Crippen LogP contribution in [-0.2, 0) is 9.53 Å². The van der Waals surface area contributed by atoms with Crippen molar-refractivity contribution in [3.8, 4) is 28.6 Å². The Hall–Kier alpha value is -3.11. The van der Waals surface area contributed by atoms with Gasteiger partial charge in [-0.1, -0.05) is 0 Å². The molecule has 0 radical (unpaired) electrons. The summed E-state index contributed by atoms with van der Waals surface area (Å²) in [6, 6.07) is 7.52. The average molecular weight is 487 g/mol. The van der Waals surface area contributed by atoms with E-state index >= 15 is 0 Å². The van der Waals surface area contributed by atoms with Crippen molar-refractivity contribution in [2.75, 3.05) is 33.4 Å². The van der Waals surface area contributed by atoms with E-state index in [1.54, 1.807) is 31.3 Å². The van der Waals surface area contributed by atoms with Crippen molar-refractivity contribution in [2.45, 2.75) is 33.0 Å². The maximum absolute atomic E-state index is 11.7. The van der Waals surface area contributed by atoms with E-state index in [1.165, 1.54) is 0 Å². The first-order chi connectivity index (χ1) is 15.9. The van der Waals surface area contributed by atoms with Gasteiger partial charge in [0.05, 0.1) is 37.6 Å². The quantitative estimate of drug-likeness (QED) is 0.502. The number of rotatable bonds is 7. The van der Waals surface area contributed by atoms with Gasteiger partial charge in [-0.2, -0.15) is 13.5 Å². The molecular weight excluding hydrogens is 456 g/mol. The van der Waals surface area contributed by atoms with Crippen LogP contribution in [0.1, 0.15) is 20.8 Å². The Balaban J connectivity index is 0.00000324. The number of benzene rings is 1. The molecule has 0 aliphatic carbocycles. The number of nitrogens with zero attached hydrogens (tertiary/aromatic N) is 4. The van der Waals surface area contributed by atoms with Crippen molar-refractivity contribution in [2.24, 2.45) is 0 Å². The molecule has 3 heterocycles. The second-order valence-electron chi connectivity index (χ2n) is 8.04. The molecule has 10 heteroatoms. The highest BCUT2D eigenvalue weighted by Gasteiger charge is 2.23. The van der Waals surface area contributed by atoms with Gasteiger partial charge in [-0.05, 0) is 38.1 Å². The Labute approximate surface area is 205 Å². The van der Waals surface area contributed by atoms with E-state index in [0.717, 1.165) is 5.56 Å². The molecule has 34 heavy (non-hydrogen) atoms. The third-order valence-electron chi connectivity index (χ3n) is 5.24. The minimum absolute atomic E-state index is 0. The van der Waals surface area contributed by atoms with Crippen molar-refractivity contribution in [3.05, 3.63) is 36.7 Å². The van der Waals surface area contributed by atoms with Gasteiger partial charge >= 0.3 is 0 Å². The molecule has 0 unspecified atom stereocenters. The summed E-state index contributed by atoms with van der Waals surface area (Å²) >= 11 is 0. The second kappa shape index (κ2) is 11.3. The zero-order valence-electron chi connectivity index (χ0n) is 19.8. The van der Waals surface area contributed by atoms with Crippen molar-refractivity contribution in [3.63, 3.8) is 0 Å². The summed E-state index contributed by atoms with van der Waals surface area (Å²) in [4.78, 5) is 27.0. The lowest BCUT2D eigenvalue weighted by molar-refractivity contribution is -0.137. The number of morpholine rings is 1. The van der Waals surface area contributed by atoms with Crippen LogP contribution in [0.25, 0.3) is 22.3 Å². The van der Waals surface area contributed by atoms with Crippen LogP contribution in [0.5, 0.6) is 17.4 Å². The fourth-order valence-corrected chi connectivity index (χ4v) is 3.65. The van der Waals surface area contributed by atoms with Crippen molar-refractivity contribution < 1.29 is 23.7 Å². The smallest absolute Gasteiger partial charge is 0.242 e. The number of ether oxygens (including phenoxy) is 4. The molecule has 1 saturated heterocycles. The molecule has 0 N–H and O–H groups in total. The lowest BCUT2D eigenvalue weighted by atomic mass is 10.1. The molecule has 1 atom stereocenters. The second-order valence-corrected chi connectivity index (χ2v) is 8.04. The molecule has 0 saturated carbocycles. The molecule has 0 bridgehead atoms. The third-order valence-corrected chi connectivity index (χ3v) is 5.24. The average Bonchev–Trinajstić information content (AvgIpc) is 2.82. The van der Waals surface area contributed by atoms with E-state index in [-0.39, 0.29) is 38.2 Å². The van der Waals surface area contributed by atoms with Gasteiger partial charge in [0.2, 0.25) is 11.8 Å². The van der Waals surface area contributed by atoms with Gasteiger partial charge < -0.3 is 23.8 Å². The fraction of sp³-hybridized carbons (Fsp3) is 0.417. The van der Waals surface area contributed by atoms with Crippen LogP contribution in [0.3, 0.4) is 0 Å². The van der Waals surface area contributed by atoms with E-state index < -0.39 is 0 Å². The summed E-state index contributed by atoms with van der Waals surface area (Å²) in [7, 11) is 1.61. The predicted octanol–water partition coefficient (Wildman–Crippen LogP) is 3.23. The minimum Gasteiger partial charge on any atom is -0.493 e. The van der Waals surface area contributed by atoms with Gasteiger partial charge in [-0.15, -0.1) is 0 Å².